The van der Waals surface area contributed by atoms with Gasteiger partial charge in [0, 0.05) is 12.2 Å². The summed E-state index contributed by atoms with van der Waals surface area (Å²) in [6.45, 7) is 3.30. The molecule has 1 amide bonds. The summed E-state index contributed by atoms with van der Waals surface area (Å²) in [6.07, 6.45) is -0.263. The minimum Gasteiger partial charge on any atom is -0.452 e. The lowest BCUT2D eigenvalue weighted by atomic mass is 10.2. The highest BCUT2D eigenvalue weighted by atomic mass is 32.2. The minimum absolute atomic E-state index is 0.0590. The van der Waals surface area contributed by atoms with Gasteiger partial charge in [0.2, 0.25) is 10.0 Å². The van der Waals surface area contributed by atoms with E-state index in [0.29, 0.717) is 6.54 Å². The Morgan fingerprint density at radius 1 is 1.14 bits per heavy atom. The molecule has 1 atom stereocenters. The summed E-state index contributed by atoms with van der Waals surface area (Å²) in [7, 11) is -3.83. The molecule has 3 rings (SSSR count). The topological polar surface area (TPSA) is 92.8 Å². The fraction of sp³-hybridized carbons (Fsp3) is 0.300. The average Bonchev–Trinajstić information content (AvgIpc) is 3.10. The van der Waals surface area contributed by atoms with Gasteiger partial charge in [0.25, 0.3) is 5.91 Å². The Bertz CT molecular complexity index is 986. The van der Waals surface area contributed by atoms with Gasteiger partial charge in [-0.3, -0.25) is 9.59 Å². The van der Waals surface area contributed by atoms with E-state index in [1.807, 2.05) is 31.2 Å². The van der Waals surface area contributed by atoms with E-state index in [9.17, 15) is 18.0 Å². The quantitative estimate of drug-likeness (QED) is 0.744. The van der Waals surface area contributed by atoms with Gasteiger partial charge in [-0.2, -0.15) is 4.72 Å². The number of para-hydroxylation sites is 1. The maximum atomic E-state index is 12.6. The van der Waals surface area contributed by atoms with E-state index in [4.69, 9.17) is 4.74 Å². The monoisotopic (exact) mass is 402 g/mol. The summed E-state index contributed by atoms with van der Waals surface area (Å²) < 4.78 is 31.8. The Balaban J connectivity index is 1.56. The van der Waals surface area contributed by atoms with Crippen LogP contribution in [0.15, 0.2) is 53.4 Å². The van der Waals surface area contributed by atoms with Crippen LogP contribution in [0, 0.1) is 6.92 Å². The van der Waals surface area contributed by atoms with Crippen LogP contribution in [0.25, 0.3) is 0 Å². The largest absolute Gasteiger partial charge is 0.452 e. The summed E-state index contributed by atoms with van der Waals surface area (Å²) in [5.41, 5.74) is 2.81. The van der Waals surface area contributed by atoms with Crippen molar-refractivity contribution in [3.05, 3.63) is 59.7 Å². The molecule has 1 aliphatic heterocycles. The van der Waals surface area contributed by atoms with E-state index in [2.05, 4.69) is 4.72 Å². The zero-order valence-electron chi connectivity index (χ0n) is 15.7. The Hall–Kier alpha value is -2.71. The number of rotatable bonds is 6. The number of hydrogen-bond acceptors (Lipinski definition) is 5. The highest BCUT2D eigenvalue weighted by Crippen LogP contribution is 2.28. The van der Waals surface area contributed by atoms with Gasteiger partial charge in [0.05, 0.1) is 4.90 Å². The third kappa shape index (κ3) is 4.40. The van der Waals surface area contributed by atoms with Crippen LogP contribution in [-0.2, 0) is 30.8 Å². The lowest BCUT2D eigenvalue weighted by molar-refractivity contribution is -0.152. The number of nitrogens with one attached hydrogen (secondary N) is 1. The molecule has 0 saturated carbocycles. The molecule has 7 nitrogen and oxygen atoms in total. The van der Waals surface area contributed by atoms with Gasteiger partial charge in [-0.25, -0.2) is 8.42 Å². The SMILES string of the molecule is Cc1ccc(S(=O)(=O)NCC(=O)O[C@@H](C)C(=O)N2CCc3ccccc32)cc1. The number of hydrogen-bond donors (Lipinski definition) is 1. The standard InChI is InChI=1S/C20H22N2O5S/c1-14-7-9-17(10-8-14)28(25,26)21-13-19(23)27-15(2)20(24)22-12-11-16-5-3-4-6-18(16)22/h3-10,15,21H,11-13H2,1-2H3/t15-/m0/s1. The molecule has 0 radical (unpaired) electrons. The Morgan fingerprint density at radius 2 is 1.82 bits per heavy atom. The normalized spacial score (nSPS) is 14.4. The number of carbonyl (C=O) groups is 2. The second-order valence-corrected chi connectivity index (χ2v) is 8.41. The first kappa shape index (κ1) is 20.0. The fourth-order valence-corrected chi connectivity index (χ4v) is 4.00. The zero-order valence-corrected chi connectivity index (χ0v) is 16.5. The summed E-state index contributed by atoms with van der Waals surface area (Å²) in [5, 5.41) is 0. The number of sulfonamides is 1. The van der Waals surface area contributed by atoms with Gasteiger partial charge in [-0.1, -0.05) is 35.9 Å². The van der Waals surface area contributed by atoms with Gasteiger partial charge in [-0.15, -0.1) is 0 Å². The molecule has 0 spiro atoms. The van der Waals surface area contributed by atoms with Crippen molar-refractivity contribution in [2.75, 3.05) is 18.0 Å². The van der Waals surface area contributed by atoms with Crippen molar-refractivity contribution in [1.29, 1.82) is 0 Å². The number of esters is 1. The molecule has 0 unspecified atom stereocenters. The molecule has 1 N–H and O–H groups in total. The van der Waals surface area contributed by atoms with Crippen molar-refractivity contribution >= 4 is 27.6 Å². The van der Waals surface area contributed by atoms with E-state index in [1.165, 1.54) is 19.1 Å². The summed E-state index contributed by atoms with van der Waals surface area (Å²) in [6, 6.07) is 13.8. The Labute approximate surface area is 164 Å². The van der Waals surface area contributed by atoms with Crippen molar-refractivity contribution in [1.82, 2.24) is 4.72 Å². The van der Waals surface area contributed by atoms with Gasteiger partial charge in [0.1, 0.15) is 6.54 Å². The van der Waals surface area contributed by atoms with Crippen molar-refractivity contribution < 1.29 is 22.7 Å². The van der Waals surface area contributed by atoms with Gasteiger partial charge < -0.3 is 9.64 Å². The predicted molar refractivity (Wildman–Crippen MR) is 104 cm³/mol. The minimum atomic E-state index is -3.83. The smallest absolute Gasteiger partial charge is 0.321 e. The molecule has 148 valence electrons. The zero-order chi connectivity index (χ0) is 20.3. The van der Waals surface area contributed by atoms with Crippen molar-refractivity contribution in [3.63, 3.8) is 0 Å². The summed E-state index contributed by atoms with van der Waals surface area (Å²) >= 11 is 0. The van der Waals surface area contributed by atoms with E-state index in [1.54, 1.807) is 17.0 Å². The first-order valence-corrected chi connectivity index (χ1v) is 10.4. The van der Waals surface area contributed by atoms with Crippen LogP contribution >= 0.6 is 0 Å². The fourth-order valence-electron chi connectivity index (χ4n) is 3.03. The highest BCUT2D eigenvalue weighted by molar-refractivity contribution is 7.89. The number of carbonyl (C=O) groups excluding carboxylic acids is 2. The van der Waals surface area contributed by atoms with Gasteiger partial charge in [0.15, 0.2) is 6.10 Å². The summed E-state index contributed by atoms with van der Waals surface area (Å²) in [5.74, 6) is -1.15. The molecule has 1 heterocycles. The maximum absolute atomic E-state index is 12.6. The number of benzene rings is 2. The molecule has 0 aliphatic carbocycles. The lowest BCUT2D eigenvalue weighted by Gasteiger charge is -2.21. The van der Waals surface area contributed by atoms with Crippen molar-refractivity contribution in [2.45, 2.75) is 31.3 Å². The molecule has 0 bridgehead atoms. The molecule has 2 aromatic rings. The molecular weight excluding hydrogens is 380 g/mol. The van der Waals surface area contributed by atoms with Crippen molar-refractivity contribution in [2.24, 2.45) is 0 Å². The van der Waals surface area contributed by atoms with Crippen LogP contribution < -0.4 is 9.62 Å². The first-order chi connectivity index (χ1) is 13.3. The van der Waals surface area contributed by atoms with Crippen LogP contribution in [0.1, 0.15) is 18.1 Å². The van der Waals surface area contributed by atoms with E-state index in [0.717, 1.165) is 23.2 Å². The molecule has 28 heavy (non-hydrogen) atoms. The number of amides is 1. The molecule has 2 aromatic carbocycles. The molecule has 8 heteroatoms. The van der Waals surface area contributed by atoms with Crippen LogP contribution in [0.5, 0.6) is 0 Å². The van der Waals surface area contributed by atoms with Crippen LogP contribution in [0.3, 0.4) is 0 Å². The van der Waals surface area contributed by atoms with E-state index in [-0.39, 0.29) is 10.8 Å². The van der Waals surface area contributed by atoms with Crippen LogP contribution in [0.4, 0.5) is 5.69 Å². The first-order valence-electron chi connectivity index (χ1n) is 8.93. The summed E-state index contributed by atoms with van der Waals surface area (Å²) in [4.78, 5) is 26.3. The third-order valence-corrected chi connectivity index (χ3v) is 5.96. The second-order valence-electron chi connectivity index (χ2n) is 6.64. The lowest BCUT2D eigenvalue weighted by Crippen LogP contribution is -2.41. The third-order valence-electron chi connectivity index (χ3n) is 4.55. The number of ether oxygens (including phenoxy) is 1. The number of nitrogens with zero attached hydrogens (tertiary/aromatic N) is 1. The van der Waals surface area contributed by atoms with Crippen molar-refractivity contribution in [3.8, 4) is 0 Å². The van der Waals surface area contributed by atoms with Crippen LogP contribution in [0.2, 0.25) is 0 Å². The van der Waals surface area contributed by atoms with Crippen LogP contribution in [-0.4, -0.2) is 39.5 Å². The van der Waals surface area contributed by atoms with Gasteiger partial charge >= 0.3 is 5.97 Å². The maximum Gasteiger partial charge on any atom is 0.321 e. The Kier molecular flexibility index (Phi) is 5.81. The number of fused-ring (bicyclic) bond motifs is 1. The second kappa shape index (κ2) is 8.12. The molecule has 0 aromatic heterocycles. The number of anilines is 1. The van der Waals surface area contributed by atoms with E-state index < -0.39 is 28.6 Å². The molecule has 0 fully saturated rings. The van der Waals surface area contributed by atoms with E-state index >= 15 is 0 Å². The predicted octanol–water partition coefficient (Wildman–Crippen LogP) is 1.79. The average molecular weight is 402 g/mol. The molecular formula is C20H22N2O5S. The Morgan fingerprint density at radius 3 is 2.54 bits per heavy atom. The highest BCUT2D eigenvalue weighted by Gasteiger charge is 2.30. The number of aryl methyl sites for hydroxylation is 1. The van der Waals surface area contributed by atoms with Gasteiger partial charge in [-0.05, 0) is 44.0 Å². The molecule has 1 aliphatic rings. The molecule has 0 saturated heterocycles.